The summed E-state index contributed by atoms with van der Waals surface area (Å²) >= 11 is 1.31. The van der Waals surface area contributed by atoms with Crippen LogP contribution >= 0.6 is 11.3 Å². The molecule has 1 aromatic rings. The molecule has 1 amide bonds. The molecule has 0 fully saturated rings. The smallest absolute Gasteiger partial charge is 0.267 e. The van der Waals surface area contributed by atoms with Gasteiger partial charge in [0, 0.05) is 26.2 Å². The van der Waals surface area contributed by atoms with Crippen LogP contribution in [0.1, 0.15) is 23.5 Å². The minimum atomic E-state index is -0.0753. The Hall–Kier alpha value is -1.34. The molecule has 0 aliphatic carbocycles. The molecule has 0 spiro atoms. The van der Waals surface area contributed by atoms with Gasteiger partial charge in [0.25, 0.3) is 5.91 Å². The first-order valence-electron chi connectivity index (χ1n) is 6.24. The fourth-order valence-corrected chi connectivity index (χ4v) is 2.44. The van der Waals surface area contributed by atoms with Gasteiger partial charge in [-0.05, 0) is 27.9 Å². The lowest BCUT2D eigenvalue weighted by Crippen LogP contribution is -2.33. The second-order valence-corrected chi connectivity index (χ2v) is 6.06. The average molecular weight is 285 g/mol. The van der Waals surface area contributed by atoms with Gasteiger partial charge in [0.1, 0.15) is 10.7 Å². The van der Waals surface area contributed by atoms with E-state index in [2.05, 4.69) is 10.3 Å². The van der Waals surface area contributed by atoms with E-state index in [1.807, 2.05) is 32.8 Å². The summed E-state index contributed by atoms with van der Waals surface area (Å²) in [7, 11) is 5.73. The zero-order chi connectivity index (χ0) is 14.6. The normalized spacial score (nSPS) is 11.1. The largest absolute Gasteiger partial charge is 0.382 e. The number of thiazole rings is 1. The van der Waals surface area contributed by atoms with Gasteiger partial charge < -0.3 is 20.9 Å². The van der Waals surface area contributed by atoms with Crippen molar-refractivity contribution in [1.82, 2.24) is 14.8 Å². The maximum Gasteiger partial charge on any atom is 0.267 e. The Balaban J connectivity index is 2.73. The van der Waals surface area contributed by atoms with Crippen molar-refractivity contribution in [2.24, 2.45) is 0 Å². The fraction of sp³-hybridized carbons (Fsp3) is 0.667. The van der Waals surface area contributed by atoms with Crippen molar-refractivity contribution in [3.8, 4) is 0 Å². The Morgan fingerprint density at radius 2 is 2.00 bits per heavy atom. The lowest BCUT2D eigenvalue weighted by Gasteiger charge is -2.18. The van der Waals surface area contributed by atoms with Gasteiger partial charge in [0.15, 0.2) is 5.13 Å². The standard InChI is InChI=1S/C12H23N5OS/c1-8(2)14-12-15-10(13)9(19-12)11(18)17(5)7-6-16(3)4/h8H,6-7,13H2,1-5H3,(H,14,15). The van der Waals surface area contributed by atoms with Crippen LogP contribution in [-0.4, -0.2) is 61.0 Å². The molecule has 0 atom stereocenters. The van der Waals surface area contributed by atoms with Crippen LogP contribution < -0.4 is 11.1 Å². The van der Waals surface area contributed by atoms with Crippen molar-refractivity contribution >= 4 is 28.2 Å². The number of anilines is 2. The molecule has 0 bridgehead atoms. The molecule has 0 aromatic carbocycles. The monoisotopic (exact) mass is 285 g/mol. The zero-order valence-corrected chi connectivity index (χ0v) is 13.0. The van der Waals surface area contributed by atoms with Gasteiger partial charge in [-0.15, -0.1) is 0 Å². The van der Waals surface area contributed by atoms with Gasteiger partial charge in [-0.2, -0.15) is 0 Å². The molecule has 3 N–H and O–H groups in total. The average Bonchev–Trinajstić information content (AvgIpc) is 2.65. The highest BCUT2D eigenvalue weighted by Crippen LogP contribution is 2.26. The third-order valence-electron chi connectivity index (χ3n) is 2.49. The molecule has 0 aliphatic heterocycles. The number of carbonyl (C=O) groups excluding carboxylic acids is 1. The lowest BCUT2D eigenvalue weighted by atomic mass is 10.4. The third kappa shape index (κ3) is 4.68. The first-order valence-corrected chi connectivity index (χ1v) is 7.06. The zero-order valence-electron chi connectivity index (χ0n) is 12.2. The van der Waals surface area contributed by atoms with Crippen molar-refractivity contribution in [3.05, 3.63) is 4.88 Å². The Bertz CT molecular complexity index is 430. The van der Waals surface area contributed by atoms with Gasteiger partial charge in [0.2, 0.25) is 0 Å². The molecule has 108 valence electrons. The number of nitrogens with one attached hydrogen (secondary N) is 1. The van der Waals surface area contributed by atoms with Crippen molar-refractivity contribution in [2.45, 2.75) is 19.9 Å². The predicted octanol–water partition coefficient (Wildman–Crippen LogP) is 1.18. The highest BCUT2D eigenvalue weighted by molar-refractivity contribution is 7.18. The third-order valence-corrected chi connectivity index (χ3v) is 3.48. The van der Waals surface area contributed by atoms with Crippen molar-refractivity contribution in [2.75, 3.05) is 45.3 Å². The molecule has 7 heteroatoms. The van der Waals surface area contributed by atoms with E-state index in [1.54, 1.807) is 11.9 Å². The van der Waals surface area contributed by atoms with Crippen LogP contribution in [0.2, 0.25) is 0 Å². The summed E-state index contributed by atoms with van der Waals surface area (Å²) in [5, 5.41) is 3.85. The number of nitrogens with two attached hydrogens (primary N) is 1. The fourth-order valence-electron chi connectivity index (χ4n) is 1.42. The Labute approximate surface area is 118 Å². The summed E-state index contributed by atoms with van der Waals surface area (Å²) in [4.78, 5) is 20.6. The van der Waals surface area contributed by atoms with E-state index in [4.69, 9.17) is 5.73 Å². The maximum atomic E-state index is 12.2. The number of nitrogens with zero attached hydrogens (tertiary/aromatic N) is 3. The molecule has 19 heavy (non-hydrogen) atoms. The van der Waals surface area contributed by atoms with Crippen LogP contribution in [0.15, 0.2) is 0 Å². The number of aromatic nitrogens is 1. The van der Waals surface area contributed by atoms with Crippen LogP contribution in [0.25, 0.3) is 0 Å². The van der Waals surface area contributed by atoms with Crippen LogP contribution in [0, 0.1) is 0 Å². The second kappa shape index (κ2) is 6.72. The van der Waals surface area contributed by atoms with Crippen LogP contribution in [0.4, 0.5) is 10.9 Å². The SMILES string of the molecule is CC(C)Nc1nc(N)c(C(=O)N(C)CCN(C)C)s1. The van der Waals surface area contributed by atoms with E-state index in [-0.39, 0.29) is 11.9 Å². The molecule has 6 nitrogen and oxygen atoms in total. The summed E-state index contributed by atoms with van der Waals surface area (Å²) in [6, 6.07) is 0.264. The predicted molar refractivity (Wildman–Crippen MR) is 80.8 cm³/mol. The quantitative estimate of drug-likeness (QED) is 0.821. The number of carbonyl (C=O) groups is 1. The van der Waals surface area contributed by atoms with Crippen LogP contribution in [0.5, 0.6) is 0 Å². The van der Waals surface area contributed by atoms with E-state index in [9.17, 15) is 4.79 Å². The molecule has 0 radical (unpaired) electrons. The van der Waals surface area contributed by atoms with Crippen molar-refractivity contribution in [3.63, 3.8) is 0 Å². The topological polar surface area (TPSA) is 74.5 Å². The highest BCUT2D eigenvalue weighted by atomic mass is 32.1. The molecule has 0 saturated carbocycles. The summed E-state index contributed by atoms with van der Waals surface area (Å²) in [6.07, 6.45) is 0. The molecule has 0 saturated heterocycles. The number of rotatable bonds is 6. The number of hydrogen-bond donors (Lipinski definition) is 2. The number of amides is 1. The molecule has 0 aliphatic rings. The summed E-state index contributed by atoms with van der Waals surface area (Å²) < 4.78 is 0. The second-order valence-electron chi connectivity index (χ2n) is 5.06. The van der Waals surface area contributed by atoms with Gasteiger partial charge in [0.05, 0.1) is 0 Å². The van der Waals surface area contributed by atoms with E-state index in [1.165, 1.54) is 11.3 Å². The number of nitrogen functional groups attached to an aromatic ring is 1. The van der Waals surface area contributed by atoms with Gasteiger partial charge in [-0.1, -0.05) is 11.3 Å². The van der Waals surface area contributed by atoms with Crippen LogP contribution in [-0.2, 0) is 0 Å². The van der Waals surface area contributed by atoms with E-state index < -0.39 is 0 Å². The summed E-state index contributed by atoms with van der Waals surface area (Å²) in [6.45, 7) is 5.51. The first-order chi connectivity index (χ1) is 8.81. The van der Waals surface area contributed by atoms with E-state index in [0.29, 0.717) is 22.4 Å². The van der Waals surface area contributed by atoms with Gasteiger partial charge >= 0.3 is 0 Å². The molecular weight excluding hydrogens is 262 g/mol. The number of likely N-dealkylation sites (N-methyl/N-ethyl adjacent to an activating group) is 2. The Morgan fingerprint density at radius 3 is 2.53 bits per heavy atom. The molecule has 1 aromatic heterocycles. The summed E-state index contributed by atoms with van der Waals surface area (Å²) in [5.41, 5.74) is 5.81. The number of hydrogen-bond acceptors (Lipinski definition) is 6. The first kappa shape index (κ1) is 15.7. The van der Waals surface area contributed by atoms with Gasteiger partial charge in [-0.3, -0.25) is 4.79 Å². The highest BCUT2D eigenvalue weighted by Gasteiger charge is 2.19. The molecule has 0 unspecified atom stereocenters. The van der Waals surface area contributed by atoms with Crippen molar-refractivity contribution in [1.29, 1.82) is 0 Å². The molecule has 1 rings (SSSR count). The van der Waals surface area contributed by atoms with Gasteiger partial charge in [-0.25, -0.2) is 4.98 Å². The lowest BCUT2D eigenvalue weighted by molar-refractivity contribution is 0.0792. The van der Waals surface area contributed by atoms with Crippen molar-refractivity contribution < 1.29 is 4.79 Å². The molecular formula is C12H23N5OS. The van der Waals surface area contributed by atoms with Crippen LogP contribution in [0.3, 0.4) is 0 Å². The van der Waals surface area contributed by atoms with E-state index in [0.717, 1.165) is 6.54 Å². The Morgan fingerprint density at radius 1 is 1.37 bits per heavy atom. The maximum absolute atomic E-state index is 12.2. The van der Waals surface area contributed by atoms with E-state index >= 15 is 0 Å². The minimum absolute atomic E-state index is 0.0753. The Kier molecular flexibility index (Phi) is 5.56. The molecule has 1 heterocycles. The minimum Gasteiger partial charge on any atom is -0.382 e. The summed E-state index contributed by atoms with van der Waals surface area (Å²) in [5.74, 6) is 0.225.